The summed E-state index contributed by atoms with van der Waals surface area (Å²) in [6.07, 6.45) is 3.66. The molecule has 0 N–H and O–H groups in total. The predicted octanol–water partition coefficient (Wildman–Crippen LogP) is 7.34. The highest BCUT2D eigenvalue weighted by atomic mass is 32.1. The Hall–Kier alpha value is -3.76. The van der Waals surface area contributed by atoms with Crippen molar-refractivity contribution >= 4 is 27.7 Å². The summed E-state index contributed by atoms with van der Waals surface area (Å²) >= 11 is 1.68. The summed E-state index contributed by atoms with van der Waals surface area (Å²) in [4.78, 5) is 11.6. The van der Waals surface area contributed by atoms with Crippen molar-refractivity contribution in [3.63, 3.8) is 0 Å². The van der Waals surface area contributed by atoms with Gasteiger partial charge < -0.3 is 4.90 Å². The number of anilines is 3. The summed E-state index contributed by atoms with van der Waals surface area (Å²) in [5, 5.41) is 2.03. The van der Waals surface area contributed by atoms with Gasteiger partial charge in [0, 0.05) is 34.9 Å². The van der Waals surface area contributed by atoms with Gasteiger partial charge in [0.15, 0.2) is 0 Å². The first-order chi connectivity index (χ1) is 14.9. The third-order valence-corrected chi connectivity index (χ3v) is 5.89. The molecule has 4 heteroatoms. The van der Waals surface area contributed by atoms with Crippen LogP contribution in [0.4, 0.5) is 16.4 Å². The van der Waals surface area contributed by atoms with Crippen LogP contribution in [0, 0.1) is 0 Å². The van der Waals surface area contributed by atoms with Crippen LogP contribution in [0.25, 0.3) is 21.8 Å². The van der Waals surface area contributed by atoms with Crippen LogP contribution >= 0.6 is 11.3 Å². The first-order valence-electron chi connectivity index (χ1n) is 9.77. The fraction of sp³-hybridized carbons (Fsp3) is 0. The molecule has 0 radical (unpaired) electrons. The van der Waals surface area contributed by atoms with Crippen molar-refractivity contribution < 1.29 is 0 Å². The maximum atomic E-state index is 5.06. The molecule has 3 nitrogen and oxygen atoms in total. The second-order valence-corrected chi connectivity index (χ2v) is 7.76. The lowest BCUT2D eigenvalue weighted by Crippen LogP contribution is -2.09. The Morgan fingerprint density at radius 3 is 1.73 bits per heavy atom. The van der Waals surface area contributed by atoms with E-state index in [9.17, 15) is 0 Å². The highest BCUT2D eigenvalue weighted by Crippen LogP contribution is 2.46. The van der Waals surface area contributed by atoms with E-state index in [4.69, 9.17) is 4.98 Å². The van der Waals surface area contributed by atoms with Crippen molar-refractivity contribution in [2.45, 2.75) is 0 Å². The Bertz CT molecular complexity index is 1180. The minimum Gasteiger partial charge on any atom is -0.300 e. The Labute approximate surface area is 179 Å². The summed E-state index contributed by atoms with van der Waals surface area (Å²) in [5.41, 5.74) is 5.28. The van der Waals surface area contributed by atoms with E-state index in [-0.39, 0.29) is 0 Å². The Morgan fingerprint density at radius 1 is 0.600 bits per heavy atom. The molecule has 0 amide bonds. The molecule has 0 aliphatic rings. The number of hydrogen-bond donors (Lipinski definition) is 0. The SMILES string of the molecule is c1ccc(-c2nc(-c3cccnc3)sc2N(c2ccccc2)c2ccccc2)cc1. The number of para-hydroxylation sites is 2. The number of nitrogens with zero attached hydrogens (tertiary/aromatic N) is 3. The number of benzene rings is 3. The smallest absolute Gasteiger partial charge is 0.129 e. The van der Waals surface area contributed by atoms with E-state index >= 15 is 0 Å². The highest BCUT2D eigenvalue weighted by Gasteiger charge is 2.22. The topological polar surface area (TPSA) is 29.0 Å². The van der Waals surface area contributed by atoms with Gasteiger partial charge in [0.1, 0.15) is 15.7 Å². The maximum absolute atomic E-state index is 5.06. The van der Waals surface area contributed by atoms with Crippen LogP contribution in [0.3, 0.4) is 0 Å². The van der Waals surface area contributed by atoms with E-state index in [1.165, 1.54) is 0 Å². The number of hydrogen-bond acceptors (Lipinski definition) is 4. The average Bonchev–Trinajstić information content (AvgIpc) is 3.27. The van der Waals surface area contributed by atoms with Crippen LogP contribution in [0.2, 0.25) is 0 Å². The van der Waals surface area contributed by atoms with Crippen molar-refractivity contribution in [1.82, 2.24) is 9.97 Å². The van der Waals surface area contributed by atoms with Gasteiger partial charge in [-0.25, -0.2) is 4.98 Å². The number of rotatable bonds is 5. The molecule has 30 heavy (non-hydrogen) atoms. The first-order valence-corrected chi connectivity index (χ1v) is 10.6. The molecule has 144 valence electrons. The monoisotopic (exact) mass is 405 g/mol. The van der Waals surface area contributed by atoms with Crippen LogP contribution in [-0.2, 0) is 0 Å². The van der Waals surface area contributed by atoms with Crippen molar-refractivity contribution in [2.75, 3.05) is 4.90 Å². The predicted molar refractivity (Wildman–Crippen MR) is 125 cm³/mol. The summed E-state index contributed by atoms with van der Waals surface area (Å²) in [7, 11) is 0. The van der Waals surface area contributed by atoms with Crippen LogP contribution in [0.15, 0.2) is 116 Å². The molecule has 0 spiro atoms. The van der Waals surface area contributed by atoms with Crippen LogP contribution in [0.1, 0.15) is 0 Å². The molecule has 0 unspecified atom stereocenters. The molecule has 0 fully saturated rings. The van der Waals surface area contributed by atoms with Gasteiger partial charge in [-0.1, -0.05) is 78.1 Å². The van der Waals surface area contributed by atoms with E-state index < -0.39 is 0 Å². The van der Waals surface area contributed by atoms with E-state index in [0.717, 1.165) is 38.2 Å². The van der Waals surface area contributed by atoms with Gasteiger partial charge in [0.2, 0.25) is 0 Å². The zero-order chi connectivity index (χ0) is 20.2. The molecule has 5 rings (SSSR count). The van der Waals surface area contributed by atoms with E-state index in [2.05, 4.69) is 88.7 Å². The standard InChI is InChI=1S/C26H19N3S/c1-4-11-20(12-5-1)24-26(30-25(28-24)21-13-10-18-27-19-21)29(22-14-6-2-7-15-22)23-16-8-3-9-17-23/h1-19H. The van der Waals surface area contributed by atoms with Crippen molar-refractivity contribution in [3.8, 4) is 21.8 Å². The molecule has 0 atom stereocenters. The van der Waals surface area contributed by atoms with Crippen molar-refractivity contribution in [2.24, 2.45) is 0 Å². The van der Waals surface area contributed by atoms with Crippen LogP contribution in [-0.4, -0.2) is 9.97 Å². The normalized spacial score (nSPS) is 10.7. The molecule has 0 bridgehead atoms. The number of pyridine rings is 1. The van der Waals surface area contributed by atoms with E-state index in [1.54, 1.807) is 17.5 Å². The van der Waals surface area contributed by atoms with Crippen LogP contribution < -0.4 is 4.90 Å². The lowest BCUT2D eigenvalue weighted by molar-refractivity contribution is 1.28. The summed E-state index contributed by atoms with van der Waals surface area (Å²) in [6, 6.07) is 35.2. The lowest BCUT2D eigenvalue weighted by atomic mass is 10.1. The maximum Gasteiger partial charge on any atom is 0.129 e. The van der Waals surface area contributed by atoms with Crippen molar-refractivity contribution in [1.29, 1.82) is 0 Å². The van der Waals surface area contributed by atoms with E-state index in [0.29, 0.717) is 0 Å². The van der Waals surface area contributed by atoms with E-state index in [1.807, 2.05) is 30.5 Å². The molecule has 2 heterocycles. The molecule has 3 aromatic carbocycles. The lowest BCUT2D eigenvalue weighted by Gasteiger charge is -2.24. The highest BCUT2D eigenvalue weighted by molar-refractivity contribution is 7.19. The first kappa shape index (κ1) is 18.3. The fourth-order valence-electron chi connectivity index (χ4n) is 3.40. The quantitative estimate of drug-likeness (QED) is 0.306. The third kappa shape index (κ3) is 3.61. The minimum atomic E-state index is 0.953. The van der Waals surface area contributed by atoms with Gasteiger partial charge >= 0.3 is 0 Å². The Balaban J connectivity index is 1.75. The fourth-order valence-corrected chi connectivity index (χ4v) is 4.52. The Morgan fingerprint density at radius 2 is 1.17 bits per heavy atom. The van der Waals surface area contributed by atoms with Gasteiger partial charge in [-0.2, -0.15) is 0 Å². The van der Waals surface area contributed by atoms with Crippen LogP contribution in [0.5, 0.6) is 0 Å². The van der Waals surface area contributed by atoms with Gasteiger partial charge in [-0.15, -0.1) is 0 Å². The molecule has 0 aliphatic carbocycles. The second-order valence-electron chi connectivity index (χ2n) is 6.79. The van der Waals surface area contributed by atoms with Gasteiger partial charge in [0.25, 0.3) is 0 Å². The largest absolute Gasteiger partial charge is 0.300 e. The zero-order valence-corrected chi connectivity index (χ0v) is 17.0. The van der Waals surface area contributed by atoms with Crippen molar-refractivity contribution in [3.05, 3.63) is 116 Å². The molecular formula is C26H19N3S. The molecule has 0 saturated heterocycles. The number of aromatic nitrogens is 2. The summed E-state index contributed by atoms with van der Waals surface area (Å²) in [5.74, 6) is 0. The second kappa shape index (κ2) is 8.31. The summed E-state index contributed by atoms with van der Waals surface area (Å²) < 4.78 is 0. The summed E-state index contributed by atoms with van der Waals surface area (Å²) in [6.45, 7) is 0. The minimum absolute atomic E-state index is 0.953. The Kier molecular flexibility index (Phi) is 5.06. The molecular weight excluding hydrogens is 386 g/mol. The third-order valence-electron chi connectivity index (χ3n) is 4.80. The molecule has 0 saturated carbocycles. The van der Waals surface area contributed by atoms with Gasteiger partial charge in [-0.05, 0) is 36.4 Å². The molecule has 2 aromatic heterocycles. The molecule has 0 aliphatic heterocycles. The van der Waals surface area contributed by atoms with Gasteiger partial charge in [0.05, 0.1) is 0 Å². The van der Waals surface area contributed by atoms with Gasteiger partial charge in [-0.3, -0.25) is 4.98 Å². The molecule has 5 aromatic rings. The zero-order valence-electron chi connectivity index (χ0n) is 16.2. The number of thiazole rings is 1. The average molecular weight is 406 g/mol.